The molecule has 0 aliphatic carbocycles. The Bertz CT molecular complexity index is 541. The van der Waals surface area contributed by atoms with Gasteiger partial charge < -0.3 is 9.84 Å². The van der Waals surface area contributed by atoms with E-state index >= 15 is 0 Å². The third-order valence-electron chi connectivity index (χ3n) is 3.66. The van der Waals surface area contributed by atoms with Crippen LogP contribution in [0.3, 0.4) is 0 Å². The number of carbonyl (C=O) groups excluding carboxylic acids is 2. The predicted octanol–water partition coefficient (Wildman–Crippen LogP) is 5.29. The molecular formula is C22H32O5. The monoisotopic (exact) mass is 376 g/mol. The van der Waals surface area contributed by atoms with Gasteiger partial charge in [0.2, 0.25) is 0 Å². The average Bonchev–Trinajstić information content (AvgIpc) is 2.63. The van der Waals surface area contributed by atoms with Crippen molar-refractivity contribution in [1.29, 1.82) is 0 Å². The third kappa shape index (κ3) is 19.7. The number of rotatable bonds is 15. The molecule has 5 heteroatoms. The van der Waals surface area contributed by atoms with E-state index in [-0.39, 0.29) is 6.42 Å². The van der Waals surface area contributed by atoms with Crippen LogP contribution < -0.4 is 0 Å². The Kier molecular flexibility index (Phi) is 16.7. The smallest absolute Gasteiger partial charge is 0.338 e. The van der Waals surface area contributed by atoms with Gasteiger partial charge in [-0.2, -0.15) is 0 Å². The topological polar surface area (TPSA) is 80.7 Å². The summed E-state index contributed by atoms with van der Waals surface area (Å²) in [6.07, 6.45) is 23.6. The second-order valence-electron chi connectivity index (χ2n) is 6.15. The zero-order valence-electron chi connectivity index (χ0n) is 16.3. The van der Waals surface area contributed by atoms with E-state index < -0.39 is 17.9 Å². The Morgan fingerprint density at radius 3 is 2.00 bits per heavy atom. The summed E-state index contributed by atoms with van der Waals surface area (Å²) in [7, 11) is 0. The van der Waals surface area contributed by atoms with Crippen molar-refractivity contribution < 1.29 is 24.2 Å². The number of carbonyl (C=O) groups is 3. The molecule has 0 radical (unpaired) electrons. The van der Waals surface area contributed by atoms with Gasteiger partial charge in [0.05, 0.1) is 0 Å². The van der Waals surface area contributed by atoms with Crippen LogP contribution in [0.1, 0.15) is 71.1 Å². The van der Waals surface area contributed by atoms with E-state index in [1.54, 1.807) is 0 Å². The van der Waals surface area contributed by atoms with Crippen LogP contribution in [0, 0.1) is 0 Å². The van der Waals surface area contributed by atoms with Gasteiger partial charge in [-0.3, -0.25) is 4.79 Å². The molecule has 1 N–H and O–H groups in total. The molecule has 0 unspecified atom stereocenters. The molecule has 0 aliphatic rings. The van der Waals surface area contributed by atoms with Gasteiger partial charge in [-0.15, -0.1) is 0 Å². The molecule has 0 saturated heterocycles. The van der Waals surface area contributed by atoms with Crippen LogP contribution >= 0.6 is 0 Å². The van der Waals surface area contributed by atoms with Crippen molar-refractivity contribution >= 4 is 17.9 Å². The van der Waals surface area contributed by atoms with Gasteiger partial charge in [-0.1, -0.05) is 75.5 Å². The molecule has 0 aromatic heterocycles. The first kappa shape index (κ1) is 24.6. The van der Waals surface area contributed by atoms with Crippen molar-refractivity contribution in [3.63, 3.8) is 0 Å². The van der Waals surface area contributed by atoms with Crippen LogP contribution in [0.25, 0.3) is 0 Å². The lowest BCUT2D eigenvalue weighted by Gasteiger charge is -2.01. The standard InChI is InChI=1S/C22H32O5/c1-2-3-4-5-6-7-8-9-10-11-12-13-14-15-16-17-21(25)27-22(26)19-18-20(23)24/h5-10,18-19H,2-4,11-17H2,1H3,(H,23,24). The summed E-state index contributed by atoms with van der Waals surface area (Å²) in [6.45, 7) is 2.19. The Morgan fingerprint density at radius 2 is 1.37 bits per heavy atom. The van der Waals surface area contributed by atoms with Crippen LogP contribution in [0.5, 0.6) is 0 Å². The highest BCUT2D eigenvalue weighted by molar-refractivity contribution is 5.95. The number of unbranched alkanes of at least 4 members (excludes halogenated alkanes) is 7. The SMILES string of the molecule is CCCCC=CC=CC=CCCCCCCCC(=O)OC(=O)C=CC(=O)O. The first-order valence-corrected chi connectivity index (χ1v) is 9.70. The Hall–Kier alpha value is -2.43. The van der Waals surface area contributed by atoms with Crippen LogP contribution in [-0.4, -0.2) is 23.0 Å². The minimum Gasteiger partial charge on any atom is -0.478 e. The minimum atomic E-state index is -1.26. The van der Waals surface area contributed by atoms with Gasteiger partial charge in [-0.05, 0) is 25.7 Å². The van der Waals surface area contributed by atoms with E-state index in [2.05, 4.69) is 36.0 Å². The van der Waals surface area contributed by atoms with E-state index in [1.807, 2.05) is 12.2 Å². The maximum atomic E-state index is 11.4. The molecule has 5 nitrogen and oxygen atoms in total. The number of ether oxygens (including phenoxy) is 1. The third-order valence-corrected chi connectivity index (χ3v) is 3.66. The van der Waals surface area contributed by atoms with E-state index in [1.165, 1.54) is 12.8 Å². The molecule has 0 amide bonds. The summed E-state index contributed by atoms with van der Waals surface area (Å²) in [4.78, 5) is 32.7. The second-order valence-corrected chi connectivity index (χ2v) is 6.15. The van der Waals surface area contributed by atoms with Crippen molar-refractivity contribution in [3.8, 4) is 0 Å². The van der Waals surface area contributed by atoms with Crippen molar-refractivity contribution in [2.24, 2.45) is 0 Å². The molecule has 0 bridgehead atoms. The second kappa shape index (κ2) is 18.4. The van der Waals surface area contributed by atoms with Crippen LogP contribution in [0.2, 0.25) is 0 Å². The van der Waals surface area contributed by atoms with Gasteiger partial charge in [0.25, 0.3) is 0 Å². The van der Waals surface area contributed by atoms with Crippen molar-refractivity contribution in [2.45, 2.75) is 71.1 Å². The van der Waals surface area contributed by atoms with Gasteiger partial charge >= 0.3 is 17.9 Å². The van der Waals surface area contributed by atoms with E-state index in [4.69, 9.17) is 5.11 Å². The largest absolute Gasteiger partial charge is 0.478 e. The predicted molar refractivity (Wildman–Crippen MR) is 107 cm³/mol. The summed E-state index contributed by atoms with van der Waals surface area (Å²) >= 11 is 0. The molecule has 0 atom stereocenters. The van der Waals surface area contributed by atoms with Crippen LogP contribution in [0.15, 0.2) is 48.6 Å². The Morgan fingerprint density at radius 1 is 0.778 bits per heavy atom. The highest BCUT2D eigenvalue weighted by Crippen LogP contribution is 2.08. The first-order chi connectivity index (χ1) is 13.1. The number of hydrogen-bond donors (Lipinski definition) is 1. The summed E-state index contributed by atoms with van der Waals surface area (Å²) in [5.41, 5.74) is 0. The fraction of sp³-hybridized carbons (Fsp3) is 0.500. The van der Waals surface area contributed by atoms with Crippen molar-refractivity contribution in [1.82, 2.24) is 0 Å². The quantitative estimate of drug-likeness (QED) is 0.138. The molecule has 0 aromatic carbocycles. The van der Waals surface area contributed by atoms with Gasteiger partial charge in [0, 0.05) is 18.6 Å². The Labute approximate surface area is 162 Å². The molecular weight excluding hydrogens is 344 g/mol. The summed E-state index contributed by atoms with van der Waals surface area (Å²) < 4.78 is 4.47. The lowest BCUT2D eigenvalue weighted by molar-refractivity contribution is -0.156. The van der Waals surface area contributed by atoms with Gasteiger partial charge in [0.1, 0.15) is 0 Å². The van der Waals surface area contributed by atoms with Gasteiger partial charge in [0.15, 0.2) is 0 Å². The first-order valence-electron chi connectivity index (χ1n) is 9.70. The molecule has 0 saturated carbocycles. The van der Waals surface area contributed by atoms with Crippen molar-refractivity contribution in [2.75, 3.05) is 0 Å². The van der Waals surface area contributed by atoms with Crippen molar-refractivity contribution in [3.05, 3.63) is 48.6 Å². The fourth-order valence-electron chi connectivity index (χ4n) is 2.20. The highest BCUT2D eigenvalue weighted by Gasteiger charge is 2.07. The average molecular weight is 376 g/mol. The molecule has 0 aromatic rings. The lowest BCUT2D eigenvalue weighted by Crippen LogP contribution is -2.10. The highest BCUT2D eigenvalue weighted by atomic mass is 16.6. The van der Waals surface area contributed by atoms with E-state index in [0.29, 0.717) is 12.5 Å². The molecule has 150 valence electrons. The minimum absolute atomic E-state index is 0.170. The van der Waals surface area contributed by atoms with Gasteiger partial charge in [-0.25, -0.2) is 9.59 Å². The Balaban J connectivity index is 3.53. The van der Waals surface area contributed by atoms with Crippen LogP contribution in [0.4, 0.5) is 0 Å². The number of hydrogen-bond acceptors (Lipinski definition) is 4. The maximum absolute atomic E-state index is 11.4. The van der Waals surface area contributed by atoms with E-state index in [9.17, 15) is 14.4 Å². The molecule has 0 fully saturated rings. The summed E-state index contributed by atoms with van der Waals surface area (Å²) in [5.74, 6) is -2.82. The maximum Gasteiger partial charge on any atom is 0.338 e. The molecule has 0 spiro atoms. The number of carboxylic acids is 1. The summed E-state index contributed by atoms with van der Waals surface area (Å²) in [5, 5.41) is 8.36. The molecule has 0 rings (SSSR count). The molecule has 0 heterocycles. The number of allylic oxidation sites excluding steroid dienone is 6. The normalized spacial score (nSPS) is 11.9. The lowest BCUT2D eigenvalue weighted by atomic mass is 10.1. The molecule has 27 heavy (non-hydrogen) atoms. The zero-order chi connectivity index (χ0) is 20.2. The zero-order valence-corrected chi connectivity index (χ0v) is 16.3. The molecule has 0 aliphatic heterocycles. The number of carboxylic acid groups (broad SMARTS) is 1. The number of aliphatic carboxylic acids is 1. The van der Waals surface area contributed by atoms with Crippen LogP contribution in [-0.2, 0) is 19.1 Å². The van der Waals surface area contributed by atoms with E-state index in [0.717, 1.165) is 44.6 Å². The fourth-order valence-corrected chi connectivity index (χ4v) is 2.20. The summed E-state index contributed by atoms with van der Waals surface area (Å²) in [6, 6.07) is 0. The number of esters is 2.